The molecular formula is C11H16Cl2N2O. The number of hydrogen-bond acceptors (Lipinski definition) is 3. The van der Waals surface area contributed by atoms with Gasteiger partial charge in [0.15, 0.2) is 0 Å². The largest absolute Gasteiger partial charge is 0.397 e. The molecule has 0 atom stereocenters. The van der Waals surface area contributed by atoms with Crippen molar-refractivity contribution in [3.63, 3.8) is 0 Å². The summed E-state index contributed by atoms with van der Waals surface area (Å²) in [5.41, 5.74) is 6.76. The lowest BCUT2D eigenvalue weighted by molar-refractivity contribution is 0.216. The van der Waals surface area contributed by atoms with Crippen LogP contribution in [0.25, 0.3) is 0 Å². The molecule has 0 aliphatic heterocycles. The Morgan fingerprint density at radius 2 is 1.81 bits per heavy atom. The molecule has 0 amide bonds. The zero-order chi connectivity index (χ0) is 12.5. The lowest BCUT2D eigenvalue weighted by Crippen LogP contribution is -2.44. The minimum Gasteiger partial charge on any atom is -0.397 e. The molecule has 0 aliphatic carbocycles. The molecule has 3 nitrogen and oxygen atoms in total. The Hall–Kier alpha value is -0.640. The molecule has 16 heavy (non-hydrogen) atoms. The summed E-state index contributed by atoms with van der Waals surface area (Å²) >= 11 is 11.8. The third-order valence-corrected chi connectivity index (χ3v) is 3.45. The van der Waals surface area contributed by atoms with Crippen LogP contribution in [-0.4, -0.2) is 24.3 Å². The smallest absolute Gasteiger partial charge is 0.0658 e. The van der Waals surface area contributed by atoms with Gasteiger partial charge in [0, 0.05) is 7.05 Å². The van der Waals surface area contributed by atoms with Crippen molar-refractivity contribution in [1.29, 1.82) is 0 Å². The number of nitrogens with two attached hydrogens (primary N) is 1. The standard InChI is InChI=1S/C11H16Cl2N2O/c1-11(2,6-16)15(3)10-5-8(13)7(12)4-9(10)14/h4-5,16H,6,14H2,1-3H3. The molecule has 1 rings (SSSR count). The Labute approximate surface area is 106 Å². The predicted molar refractivity (Wildman–Crippen MR) is 70.4 cm³/mol. The highest BCUT2D eigenvalue weighted by molar-refractivity contribution is 6.42. The van der Waals surface area contributed by atoms with Gasteiger partial charge in [0.2, 0.25) is 0 Å². The van der Waals surface area contributed by atoms with E-state index in [1.165, 1.54) is 0 Å². The molecule has 0 heterocycles. The first-order valence-corrected chi connectivity index (χ1v) is 5.64. The number of nitrogen functional groups attached to an aromatic ring is 1. The molecule has 0 saturated carbocycles. The van der Waals surface area contributed by atoms with Crippen LogP contribution in [-0.2, 0) is 0 Å². The van der Waals surface area contributed by atoms with Crippen LogP contribution in [0.3, 0.4) is 0 Å². The van der Waals surface area contributed by atoms with Crippen molar-refractivity contribution >= 4 is 34.6 Å². The Morgan fingerprint density at radius 3 is 2.31 bits per heavy atom. The van der Waals surface area contributed by atoms with E-state index in [1.54, 1.807) is 12.1 Å². The van der Waals surface area contributed by atoms with Crippen molar-refractivity contribution in [2.75, 3.05) is 24.3 Å². The number of likely N-dealkylation sites (N-methyl/N-ethyl adjacent to an activating group) is 1. The van der Waals surface area contributed by atoms with Crippen molar-refractivity contribution in [3.8, 4) is 0 Å². The first kappa shape index (κ1) is 13.4. The van der Waals surface area contributed by atoms with Gasteiger partial charge in [-0.1, -0.05) is 23.2 Å². The Kier molecular flexibility index (Phi) is 3.94. The monoisotopic (exact) mass is 262 g/mol. The number of nitrogens with zero attached hydrogens (tertiary/aromatic N) is 1. The highest BCUT2D eigenvalue weighted by Gasteiger charge is 2.24. The van der Waals surface area contributed by atoms with Gasteiger partial charge in [0.05, 0.1) is 33.6 Å². The van der Waals surface area contributed by atoms with Gasteiger partial charge in [-0.15, -0.1) is 0 Å². The summed E-state index contributed by atoms with van der Waals surface area (Å²) in [4.78, 5) is 1.88. The molecule has 1 aromatic carbocycles. The normalized spacial score (nSPS) is 11.6. The quantitative estimate of drug-likeness (QED) is 0.824. The first-order valence-electron chi connectivity index (χ1n) is 4.89. The van der Waals surface area contributed by atoms with Crippen LogP contribution >= 0.6 is 23.2 Å². The van der Waals surface area contributed by atoms with Crippen LogP contribution in [0.5, 0.6) is 0 Å². The molecular weight excluding hydrogens is 247 g/mol. The van der Waals surface area contributed by atoms with Crippen molar-refractivity contribution in [2.24, 2.45) is 0 Å². The summed E-state index contributed by atoms with van der Waals surface area (Å²) in [6.45, 7) is 3.84. The molecule has 1 aromatic rings. The van der Waals surface area contributed by atoms with Gasteiger partial charge < -0.3 is 15.7 Å². The summed E-state index contributed by atoms with van der Waals surface area (Å²) in [7, 11) is 1.85. The highest BCUT2D eigenvalue weighted by atomic mass is 35.5. The van der Waals surface area contributed by atoms with Crippen molar-refractivity contribution in [2.45, 2.75) is 19.4 Å². The number of rotatable bonds is 3. The fourth-order valence-corrected chi connectivity index (χ4v) is 1.60. The maximum absolute atomic E-state index is 9.30. The summed E-state index contributed by atoms with van der Waals surface area (Å²) in [5.74, 6) is 0. The molecule has 0 aliphatic rings. The molecule has 0 saturated heterocycles. The fraction of sp³-hybridized carbons (Fsp3) is 0.455. The fourth-order valence-electron chi connectivity index (χ4n) is 1.27. The zero-order valence-electron chi connectivity index (χ0n) is 9.59. The maximum Gasteiger partial charge on any atom is 0.0658 e. The highest BCUT2D eigenvalue weighted by Crippen LogP contribution is 2.35. The van der Waals surface area contributed by atoms with Crippen LogP contribution in [0, 0.1) is 0 Å². The lowest BCUT2D eigenvalue weighted by atomic mass is 10.0. The molecule has 5 heteroatoms. The molecule has 0 radical (unpaired) electrons. The average Bonchev–Trinajstić information content (AvgIpc) is 2.22. The molecule has 0 bridgehead atoms. The summed E-state index contributed by atoms with van der Waals surface area (Å²) in [6.07, 6.45) is 0. The second kappa shape index (κ2) is 4.70. The number of halogens is 2. The third kappa shape index (κ3) is 2.54. The lowest BCUT2D eigenvalue weighted by Gasteiger charge is -2.36. The minimum atomic E-state index is -0.411. The van der Waals surface area contributed by atoms with Crippen molar-refractivity contribution in [1.82, 2.24) is 0 Å². The Balaban J connectivity index is 3.19. The minimum absolute atomic E-state index is 0.0170. The molecule has 0 unspecified atom stereocenters. The van der Waals surface area contributed by atoms with E-state index in [9.17, 15) is 5.11 Å². The zero-order valence-corrected chi connectivity index (χ0v) is 11.1. The van der Waals surface area contributed by atoms with Crippen LogP contribution in [0.2, 0.25) is 10.0 Å². The van der Waals surface area contributed by atoms with Gasteiger partial charge in [0.1, 0.15) is 0 Å². The topological polar surface area (TPSA) is 49.5 Å². The number of hydrogen-bond donors (Lipinski definition) is 2. The third-order valence-electron chi connectivity index (χ3n) is 2.73. The number of benzene rings is 1. The predicted octanol–water partition coefficient (Wildman–Crippen LogP) is 2.78. The van der Waals surface area contributed by atoms with E-state index in [4.69, 9.17) is 28.9 Å². The maximum atomic E-state index is 9.30. The average molecular weight is 263 g/mol. The van der Waals surface area contributed by atoms with Crippen molar-refractivity contribution < 1.29 is 5.11 Å². The van der Waals surface area contributed by atoms with Crippen LogP contribution in [0.4, 0.5) is 11.4 Å². The van der Waals surface area contributed by atoms with E-state index in [2.05, 4.69) is 0 Å². The second-order valence-corrected chi connectivity index (χ2v) is 5.17. The van der Waals surface area contributed by atoms with Gasteiger partial charge in [-0.25, -0.2) is 0 Å². The Bertz CT molecular complexity index is 394. The molecule has 0 aromatic heterocycles. The second-order valence-electron chi connectivity index (χ2n) is 4.35. The van der Waals surface area contributed by atoms with Crippen LogP contribution in [0.15, 0.2) is 12.1 Å². The van der Waals surface area contributed by atoms with Crippen LogP contribution < -0.4 is 10.6 Å². The molecule has 0 fully saturated rings. The number of aliphatic hydroxyl groups is 1. The summed E-state index contributed by atoms with van der Waals surface area (Å²) in [6, 6.07) is 3.32. The van der Waals surface area contributed by atoms with E-state index in [-0.39, 0.29) is 6.61 Å². The first-order chi connectivity index (χ1) is 7.29. The summed E-state index contributed by atoms with van der Waals surface area (Å²) in [5, 5.41) is 10.2. The van der Waals surface area contributed by atoms with Gasteiger partial charge in [0.25, 0.3) is 0 Å². The molecule has 0 spiro atoms. The van der Waals surface area contributed by atoms with E-state index in [1.807, 2.05) is 25.8 Å². The van der Waals surface area contributed by atoms with E-state index >= 15 is 0 Å². The SMILES string of the molecule is CN(c1cc(Cl)c(Cl)cc1N)C(C)(C)CO. The van der Waals surface area contributed by atoms with E-state index in [0.29, 0.717) is 15.7 Å². The summed E-state index contributed by atoms with van der Waals surface area (Å²) < 4.78 is 0. The van der Waals surface area contributed by atoms with E-state index in [0.717, 1.165) is 5.69 Å². The van der Waals surface area contributed by atoms with Gasteiger partial charge in [-0.2, -0.15) is 0 Å². The van der Waals surface area contributed by atoms with Gasteiger partial charge in [-0.05, 0) is 26.0 Å². The number of aliphatic hydroxyl groups excluding tert-OH is 1. The number of anilines is 2. The van der Waals surface area contributed by atoms with Crippen LogP contribution in [0.1, 0.15) is 13.8 Å². The van der Waals surface area contributed by atoms with Crippen molar-refractivity contribution in [3.05, 3.63) is 22.2 Å². The molecule has 3 N–H and O–H groups in total. The Morgan fingerprint density at radius 1 is 1.31 bits per heavy atom. The van der Waals surface area contributed by atoms with Gasteiger partial charge in [-0.3, -0.25) is 0 Å². The van der Waals surface area contributed by atoms with E-state index < -0.39 is 5.54 Å². The molecule has 90 valence electrons. The van der Waals surface area contributed by atoms with Gasteiger partial charge >= 0.3 is 0 Å².